The maximum absolute atomic E-state index is 13.9. The number of aromatic nitrogens is 4. The predicted molar refractivity (Wildman–Crippen MR) is 128 cm³/mol. The third-order valence-corrected chi connectivity index (χ3v) is 6.19. The molecule has 8 nitrogen and oxygen atoms in total. The van der Waals surface area contributed by atoms with E-state index in [-0.39, 0.29) is 25.1 Å². The van der Waals surface area contributed by atoms with Crippen LogP contribution in [0.15, 0.2) is 60.8 Å². The summed E-state index contributed by atoms with van der Waals surface area (Å²) in [6.07, 6.45) is 3.69. The lowest BCUT2D eigenvalue weighted by Crippen LogP contribution is -2.30. The van der Waals surface area contributed by atoms with E-state index in [4.69, 9.17) is 10.1 Å². The third kappa shape index (κ3) is 4.32. The molecule has 2 N–H and O–H groups in total. The second-order valence-corrected chi connectivity index (χ2v) is 8.33. The molecule has 1 aliphatic rings. The predicted octanol–water partition coefficient (Wildman–Crippen LogP) is 3.06. The summed E-state index contributed by atoms with van der Waals surface area (Å²) in [5, 5.41) is 23.6. The number of benzene rings is 1. The highest BCUT2D eigenvalue weighted by molar-refractivity contribution is 5.62. The molecule has 0 radical (unpaired) electrons. The monoisotopic (exact) mass is 462 g/mol. The summed E-state index contributed by atoms with van der Waals surface area (Å²) in [4.78, 5) is 13.3. The molecule has 4 aromatic rings. The van der Waals surface area contributed by atoms with Crippen molar-refractivity contribution >= 4 is 17.3 Å². The van der Waals surface area contributed by atoms with E-state index < -0.39 is 0 Å². The Hall–Kier alpha value is -3.56. The number of hydrogen-bond donors (Lipinski definition) is 2. The Morgan fingerprint density at radius 3 is 2.65 bits per heavy atom. The second kappa shape index (κ2) is 9.74. The van der Waals surface area contributed by atoms with Crippen LogP contribution in [-0.2, 0) is 0 Å². The summed E-state index contributed by atoms with van der Waals surface area (Å²) in [5.74, 6) is 1.24. The van der Waals surface area contributed by atoms with Gasteiger partial charge in [0.05, 0.1) is 31.1 Å². The zero-order chi connectivity index (χ0) is 23.5. The fraction of sp³-hybridized carbons (Fsp3) is 0.320. The zero-order valence-electron chi connectivity index (χ0n) is 18.8. The molecule has 1 aliphatic heterocycles. The number of fused-ring (bicyclic) bond motifs is 1. The van der Waals surface area contributed by atoms with E-state index in [0.717, 1.165) is 36.5 Å². The van der Waals surface area contributed by atoms with Crippen LogP contribution in [0.4, 0.5) is 16.0 Å². The highest BCUT2D eigenvalue weighted by atomic mass is 19.1. The first-order valence-corrected chi connectivity index (χ1v) is 11.5. The minimum absolute atomic E-state index is 0.0330. The average molecular weight is 463 g/mol. The van der Waals surface area contributed by atoms with Crippen molar-refractivity contribution in [1.29, 1.82) is 0 Å². The molecule has 0 spiro atoms. The Kier molecular flexibility index (Phi) is 6.37. The van der Waals surface area contributed by atoms with E-state index >= 15 is 0 Å². The van der Waals surface area contributed by atoms with Gasteiger partial charge in [0.25, 0.3) is 0 Å². The summed E-state index contributed by atoms with van der Waals surface area (Å²) in [5.41, 5.74) is 3.09. The van der Waals surface area contributed by atoms with Gasteiger partial charge in [0.1, 0.15) is 23.1 Å². The molecule has 34 heavy (non-hydrogen) atoms. The highest BCUT2D eigenvalue weighted by Gasteiger charge is 2.28. The van der Waals surface area contributed by atoms with Crippen molar-refractivity contribution in [2.75, 3.05) is 42.6 Å². The molecular weight excluding hydrogens is 435 g/mol. The number of hydrogen-bond acceptors (Lipinski definition) is 7. The topological polar surface area (TPSA) is 90.0 Å². The summed E-state index contributed by atoms with van der Waals surface area (Å²) in [6.45, 7) is 1.53. The maximum atomic E-state index is 13.9. The number of halogens is 1. The van der Waals surface area contributed by atoms with Crippen molar-refractivity contribution in [2.45, 2.75) is 18.9 Å². The van der Waals surface area contributed by atoms with Gasteiger partial charge >= 0.3 is 0 Å². The average Bonchev–Trinajstić information content (AvgIpc) is 3.51. The van der Waals surface area contributed by atoms with Gasteiger partial charge in [-0.1, -0.05) is 18.2 Å². The smallest absolute Gasteiger partial charge is 0.154 e. The van der Waals surface area contributed by atoms with Crippen LogP contribution in [0.5, 0.6) is 0 Å². The van der Waals surface area contributed by atoms with Gasteiger partial charge in [-0.25, -0.2) is 18.9 Å². The molecular formula is C25H27FN6O2. The number of imidazole rings is 1. The van der Waals surface area contributed by atoms with Crippen LogP contribution in [-0.4, -0.2) is 62.6 Å². The lowest BCUT2D eigenvalue weighted by Gasteiger charge is -2.26. The number of aliphatic hydroxyl groups is 2. The highest BCUT2D eigenvalue weighted by Crippen LogP contribution is 2.35. The summed E-state index contributed by atoms with van der Waals surface area (Å²) >= 11 is 0. The van der Waals surface area contributed by atoms with Crippen molar-refractivity contribution in [3.63, 3.8) is 0 Å². The van der Waals surface area contributed by atoms with Gasteiger partial charge in [0.15, 0.2) is 5.65 Å². The Bertz CT molecular complexity index is 1270. The van der Waals surface area contributed by atoms with E-state index in [2.05, 4.69) is 9.88 Å². The lowest BCUT2D eigenvalue weighted by molar-refractivity contribution is 0.280. The van der Waals surface area contributed by atoms with Crippen LogP contribution in [0.25, 0.3) is 17.0 Å². The van der Waals surface area contributed by atoms with Gasteiger partial charge in [-0.15, -0.1) is 5.10 Å². The van der Waals surface area contributed by atoms with Crippen molar-refractivity contribution in [1.82, 2.24) is 19.6 Å². The van der Waals surface area contributed by atoms with Gasteiger partial charge < -0.3 is 20.0 Å². The van der Waals surface area contributed by atoms with E-state index in [1.54, 1.807) is 22.8 Å². The molecule has 1 unspecified atom stereocenters. The molecule has 1 atom stereocenters. The SMILES string of the molecule is OCCN(CCO)c1cccc(-c2cnc3ccc(N4CCCC4c4cccc(F)c4)nn23)n1. The van der Waals surface area contributed by atoms with E-state index in [1.807, 2.05) is 41.3 Å². The fourth-order valence-electron chi connectivity index (χ4n) is 4.62. The number of aliphatic hydroxyl groups excluding tert-OH is 2. The first kappa shape index (κ1) is 22.2. The number of rotatable bonds is 8. The molecule has 0 saturated carbocycles. The van der Waals surface area contributed by atoms with Crippen molar-refractivity contribution in [2.24, 2.45) is 0 Å². The molecule has 0 amide bonds. The van der Waals surface area contributed by atoms with Crippen LogP contribution in [0.2, 0.25) is 0 Å². The number of pyridine rings is 1. The number of anilines is 2. The van der Waals surface area contributed by atoms with E-state index in [0.29, 0.717) is 30.2 Å². The molecule has 1 fully saturated rings. The van der Waals surface area contributed by atoms with E-state index in [9.17, 15) is 14.6 Å². The van der Waals surface area contributed by atoms with Crippen LogP contribution in [0.1, 0.15) is 24.4 Å². The van der Waals surface area contributed by atoms with Crippen LogP contribution < -0.4 is 9.80 Å². The Balaban J connectivity index is 1.50. The van der Waals surface area contributed by atoms with Gasteiger partial charge in [0.2, 0.25) is 0 Å². The molecule has 0 aliphatic carbocycles. The third-order valence-electron chi connectivity index (χ3n) is 6.19. The van der Waals surface area contributed by atoms with Crippen LogP contribution in [0.3, 0.4) is 0 Å². The molecule has 3 aromatic heterocycles. The normalized spacial score (nSPS) is 15.9. The van der Waals surface area contributed by atoms with Crippen molar-refractivity contribution < 1.29 is 14.6 Å². The fourth-order valence-corrected chi connectivity index (χ4v) is 4.62. The minimum Gasteiger partial charge on any atom is -0.395 e. The van der Waals surface area contributed by atoms with Gasteiger partial charge in [-0.3, -0.25) is 0 Å². The molecule has 1 saturated heterocycles. The number of nitrogens with zero attached hydrogens (tertiary/aromatic N) is 6. The lowest BCUT2D eigenvalue weighted by atomic mass is 10.0. The summed E-state index contributed by atoms with van der Waals surface area (Å²) in [6, 6.07) is 16.4. The first-order chi connectivity index (χ1) is 16.7. The first-order valence-electron chi connectivity index (χ1n) is 11.5. The molecule has 176 valence electrons. The van der Waals surface area contributed by atoms with Crippen LogP contribution in [0, 0.1) is 5.82 Å². The standard InChI is InChI=1S/C25H27FN6O2/c26-19-5-1-4-18(16-19)21-7-3-11-31(21)25-10-9-23-27-17-22(32(23)29-25)20-6-2-8-24(28-20)30(12-14-33)13-15-34/h1-2,4-6,8-10,16-17,21,33-34H,3,7,11-15H2. The van der Waals surface area contributed by atoms with Crippen molar-refractivity contribution in [3.05, 3.63) is 72.2 Å². The second-order valence-electron chi connectivity index (χ2n) is 8.33. The Morgan fingerprint density at radius 2 is 1.85 bits per heavy atom. The molecule has 5 rings (SSSR count). The van der Waals surface area contributed by atoms with Crippen molar-refractivity contribution in [3.8, 4) is 11.4 Å². The van der Waals surface area contributed by atoms with E-state index in [1.165, 1.54) is 6.07 Å². The van der Waals surface area contributed by atoms with Crippen LogP contribution >= 0.6 is 0 Å². The van der Waals surface area contributed by atoms with Gasteiger partial charge in [-0.2, -0.15) is 0 Å². The Labute approximate surface area is 196 Å². The maximum Gasteiger partial charge on any atom is 0.154 e. The van der Waals surface area contributed by atoms with Gasteiger partial charge in [-0.05, 0) is 54.8 Å². The quantitative estimate of drug-likeness (QED) is 0.416. The minimum atomic E-state index is -0.230. The zero-order valence-corrected chi connectivity index (χ0v) is 18.8. The molecule has 0 bridgehead atoms. The molecule has 1 aromatic carbocycles. The summed E-state index contributed by atoms with van der Waals surface area (Å²) in [7, 11) is 0. The summed E-state index contributed by atoms with van der Waals surface area (Å²) < 4.78 is 15.6. The largest absolute Gasteiger partial charge is 0.395 e. The van der Waals surface area contributed by atoms with Gasteiger partial charge in [0, 0.05) is 19.6 Å². The molecule has 4 heterocycles. The molecule has 9 heteroatoms. The Morgan fingerprint density at radius 1 is 1.03 bits per heavy atom.